The number of fused-ring (bicyclic) bond motifs is 1. The normalized spacial score (nSPS) is 14.1. The van der Waals surface area contributed by atoms with Crippen LogP contribution in [0.25, 0.3) is 10.9 Å². The van der Waals surface area contributed by atoms with Crippen LogP contribution in [0.5, 0.6) is 11.5 Å². The van der Waals surface area contributed by atoms with E-state index in [-0.39, 0.29) is 5.56 Å². The lowest BCUT2D eigenvalue weighted by Gasteiger charge is -2.36. The summed E-state index contributed by atoms with van der Waals surface area (Å²) < 4.78 is 26.2. The van der Waals surface area contributed by atoms with Gasteiger partial charge in [0.15, 0.2) is 5.82 Å². The minimum atomic E-state index is -0.741. The zero-order valence-electron chi connectivity index (χ0n) is 22.6. The Morgan fingerprint density at radius 1 is 1.05 bits per heavy atom. The fourth-order valence-electron chi connectivity index (χ4n) is 4.85. The Kier molecular flexibility index (Phi) is 7.83. The first-order valence-corrected chi connectivity index (χ1v) is 13.0. The maximum absolute atomic E-state index is 14.0. The first kappa shape index (κ1) is 26.9. The number of carbonyl (C=O) groups is 1. The lowest BCUT2D eigenvalue weighted by atomic mass is 10.1. The molecule has 1 saturated heterocycles. The first-order valence-electron chi connectivity index (χ1n) is 13.0. The summed E-state index contributed by atoms with van der Waals surface area (Å²) in [5, 5.41) is 8.59. The number of methoxy groups -OCH3 is 2. The third-order valence-electron chi connectivity index (χ3n) is 6.88. The number of amides is 2. The van der Waals surface area contributed by atoms with Crippen LogP contribution in [0.4, 0.5) is 20.6 Å². The molecule has 2 heterocycles. The number of urea groups is 1. The van der Waals surface area contributed by atoms with Crippen LogP contribution in [0.3, 0.4) is 0 Å². The number of hydrogen-bond acceptors (Lipinski definition) is 7. The smallest absolute Gasteiger partial charge is 0.327 e. The molecule has 0 unspecified atom stereocenters. The number of carbonyl (C=O) groups excluding carboxylic acids is 1. The fraction of sp³-hybridized carbons (Fsp3) is 0.276. The van der Waals surface area contributed by atoms with E-state index < -0.39 is 17.9 Å². The summed E-state index contributed by atoms with van der Waals surface area (Å²) in [6.07, 6.45) is 0. The van der Waals surface area contributed by atoms with Crippen LogP contribution in [0, 0.1) is 5.82 Å². The molecule has 0 spiro atoms. The third kappa shape index (κ3) is 5.28. The van der Waals surface area contributed by atoms with E-state index >= 15 is 0 Å². The first-order chi connectivity index (χ1) is 19.4. The lowest BCUT2D eigenvalue weighted by Crippen LogP contribution is -2.55. The number of ether oxygens (including phenoxy) is 2. The maximum Gasteiger partial charge on any atom is 0.327 e. The van der Waals surface area contributed by atoms with Crippen LogP contribution in [-0.2, 0) is 0 Å². The summed E-state index contributed by atoms with van der Waals surface area (Å²) in [6, 6.07) is 16.5. The SMILES string of the molecule is COc1ccc(N(C(=O)Nc2ccc(F)cc2)[C@@H](C)c2nc3ccccc3c(=O)n2N2CCNCC2)c(OC)c1. The number of rotatable bonds is 7. The van der Waals surface area contributed by atoms with Gasteiger partial charge in [-0.3, -0.25) is 9.69 Å². The zero-order valence-corrected chi connectivity index (χ0v) is 22.6. The van der Waals surface area contributed by atoms with Gasteiger partial charge in [0, 0.05) is 37.9 Å². The molecule has 3 aromatic carbocycles. The van der Waals surface area contributed by atoms with Gasteiger partial charge >= 0.3 is 6.03 Å². The van der Waals surface area contributed by atoms with E-state index in [9.17, 15) is 14.0 Å². The molecule has 0 aliphatic carbocycles. The van der Waals surface area contributed by atoms with Crippen molar-refractivity contribution in [2.24, 2.45) is 0 Å². The molecule has 1 atom stereocenters. The van der Waals surface area contributed by atoms with Crippen molar-refractivity contribution in [1.29, 1.82) is 0 Å². The molecule has 1 aromatic heterocycles. The maximum atomic E-state index is 14.0. The summed E-state index contributed by atoms with van der Waals surface area (Å²) >= 11 is 0. The highest BCUT2D eigenvalue weighted by atomic mass is 19.1. The molecule has 0 radical (unpaired) electrons. The number of nitrogens with one attached hydrogen (secondary N) is 2. The second-order valence-electron chi connectivity index (χ2n) is 9.33. The van der Waals surface area contributed by atoms with Gasteiger partial charge in [-0.15, -0.1) is 0 Å². The monoisotopic (exact) mass is 546 g/mol. The second kappa shape index (κ2) is 11.6. The molecule has 208 valence electrons. The largest absolute Gasteiger partial charge is 0.497 e. The van der Waals surface area contributed by atoms with E-state index in [1.807, 2.05) is 18.0 Å². The Labute approximate surface area is 230 Å². The number of halogens is 1. The molecule has 0 bridgehead atoms. The lowest BCUT2D eigenvalue weighted by molar-refractivity contribution is 0.254. The highest BCUT2D eigenvalue weighted by molar-refractivity contribution is 6.03. The van der Waals surface area contributed by atoms with Crippen molar-refractivity contribution in [3.05, 3.63) is 88.7 Å². The zero-order chi connectivity index (χ0) is 28.2. The number of nitrogens with zero attached hydrogens (tertiary/aromatic N) is 4. The van der Waals surface area contributed by atoms with Crippen LogP contribution in [-0.4, -0.2) is 56.1 Å². The van der Waals surface area contributed by atoms with Gasteiger partial charge in [-0.2, -0.15) is 0 Å². The average molecular weight is 547 g/mol. The summed E-state index contributed by atoms with van der Waals surface area (Å²) in [5.41, 5.74) is 1.16. The number of hydrogen-bond donors (Lipinski definition) is 2. The van der Waals surface area contributed by atoms with Crippen LogP contribution in [0.1, 0.15) is 18.8 Å². The third-order valence-corrected chi connectivity index (χ3v) is 6.88. The molecular weight excluding hydrogens is 515 g/mol. The van der Waals surface area contributed by atoms with Gasteiger partial charge in [0.1, 0.15) is 17.3 Å². The van der Waals surface area contributed by atoms with Gasteiger partial charge in [0.2, 0.25) is 0 Å². The van der Waals surface area contributed by atoms with Crippen molar-refractivity contribution in [2.45, 2.75) is 13.0 Å². The number of anilines is 2. The quantitative estimate of drug-likeness (QED) is 0.363. The molecule has 11 heteroatoms. The Bertz CT molecular complexity index is 1570. The van der Waals surface area contributed by atoms with E-state index in [1.165, 1.54) is 36.3 Å². The van der Waals surface area contributed by atoms with Crippen molar-refractivity contribution in [2.75, 3.05) is 55.6 Å². The van der Waals surface area contributed by atoms with Gasteiger partial charge in [-0.1, -0.05) is 12.1 Å². The topological polar surface area (TPSA) is 101 Å². The van der Waals surface area contributed by atoms with Gasteiger partial charge in [-0.05, 0) is 55.5 Å². The molecule has 40 heavy (non-hydrogen) atoms. The highest BCUT2D eigenvalue weighted by Gasteiger charge is 2.32. The van der Waals surface area contributed by atoms with E-state index in [4.69, 9.17) is 14.5 Å². The Morgan fingerprint density at radius 2 is 1.77 bits per heavy atom. The molecule has 1 aliphatic heterocycles. The molecule has 10 nitrogen and oxygen atoms in total. The summed E-state index contributed by atoms with van der Waals surface area (Å²) in [4.78, 5) is 34.2. The van der Waals surface area contributed by atoms with Crippen molar-refractivity contribution < 1.29 is 18.7 Å². The predicted octanol–water partition coefficient (Wildman–Crippen LogP) is 3.89. The van der Waals surface area contributed by atoms with E-state index in [0.29, 0.717) is 65.8 Å². The molecule has 2 amide bonds. The standard InChI is InChI=1S/C29H31FN6O4/c1-19(27-33-24-7-5-4-6-23(24)28(37)36(27)34-16-14-31-15-17-34)35(25-13-12-22(39-2)18-26(25)40-3)29(38)32-21-10-8-20(30)9-11-21/h4-13,18-19,31H,14-17H2,1-3H3,(H,32,38)/t19-/m0/s1. The molecule has 5 rings (SSSR count). The molecule has 2 N–H and O–H groups in total. The van der Waals surface area contributed by atoms with Crippen molar-refractivity contribution in [3.63, 3.8) is 0 Å². The predicted molar refractivity (Wildman–Crippen MR) is 153 cm³/mol. The minimum absolute atomic E-state index is 0.213. The van der Waals surface area contributed by atoms with E-state index in [1.54, 1.807) is 48.2 Å². The molecule has 1 fully saturated rings. The average Bonchev–Trinajstić information content (AvgIpc) is 2.99. The molecular formula is C29H31FN6O4. The Hall–Kier alpha value is -4.64. The Balaban J connectivity index is 1.68. The Morgan fingerprint density at radius 3 is 2.48 bits per heavy atom. The highest BCUT2D eigenvalue weighted by Crippen LogP contribution is 2.37. The van der Waals surface area contributed by atoms with Crippen LogP contribution < -0.4 is 35.6 Å². The number of piperazine rings is 1. The number of benzene rings is 3. The van der Waals surface area contributed by atoms with Gasteiger partial charge in [0.25, 0.3) is 5.56 Å². The number of para-hydroxylation sites is 1. The molecule has 1 aliphatic rings. The fourth-order valence-corrected chi connectivity index (χ4v) is 4.85. The van der Waals surface area contributed by atoms with Crippen molar-refractivity contribution >= 4 is 28.3 Å². The minimum Gasteiger partial charge on any atom is -0.497 e. The van der Waals surface area contributed by atoms with Crippen LogP contribution in [0.15, 0.2) is 71.5 Å². The summed E-state index contributed by atoms with van der Waals surface area (Å²) in [6.45, 7) is 4.39. The van der Waals surface area contributed by atoms with Crippen molar-refractivity contribution in [1.82, 2.24) is 15.0 Å². The van der Waals surface area contributed by atoms with Crippen LogP contribution >= 0.6 is 0 Å². The van der Waals surface area contributed by atoms with Crippen molar-refractivity contribution in [3.8, 4) is 11.5 Å². The molecule has 0 saturated carbocycles. The summed E-state index contributed by atoms with van der Waals surface area (Å²) in [5.74, 6) is 0.907. The van der Waals surface area contributed by atoms with E-state index in [0.717, 1.165) is 0 Å². The van der Waals surface area contributed by atoms with Gasteiger partial charge < -0.3 is 25.1 Å². The molecule has 4 aromatic rings. The van der Waals surface area contributed by atoms with E-state index in [2.05, 4.69) is 10.6 Å². The van der Waals surface area contributed by atoms with Gasteiger partial charge in [0.05, 0.1) is 36.9 Å². The second-order valence-corrected chi connectivity index (χ2v) is 9.33. The van der Waals surface area contributed by atoms with Crippen LogP contribution in [0.2, 0.25) is 0 Å². The summed E-state index contributed by atoms with van der Waals surface area (Å²) in [7, 11) is 3.05. The van der Waals surface area contributed by atoms with Gasteiger partial charge in [-0.25, -0.2) is 18.8 Å². The number of aromatic nitrogens is 2.